The van der Waals surface area contributed by atoms with Gasteiger partial charge in [-0.15, -0.1) is 0 Å². The Morgan fingerprint density at radius 3 is 2.61 bits per heavy atom. The zero-order valence-electron chi connectivity index (χ0n) is 18.9. The van der Waals surface area contributed by atoms with E-state index in [2.05, 4.69) is 30.6 Å². The van der Waals surface area contributed by atoms with Crippen LogP contribution in [0.3, 0.4) is 0 Å². The van der Waals surface area contributed by atoms with Crippen LogP contribution in [-0.2, 0) is 15.2 Å². The summed E-state index contributed by atoms with van der Waals surface area (Å²) in [5.41, 5.74) is 0.661. The van der Waals surface area contributed by atoms with Gasteiger partial charge in [-0.05, 0) is 49.3 Å². The lowest BCUT2D eigenvalue weighted by Crippen LogP contribution is -2.57. The molecule has 0 radical (unpaired) electrons. The molecule has 31 heavy (non-hydrogen) atoms. The molecule has 1 heterocycles. The Labute approximate surface area is 190 Å². The summed E-state index contributed by atoms with van der Waals surface area (Å²) in [6, 6.07) is 6.92. The topological polar surface area (TPSA) is 69.6 Å². The Kier molecular flexibility index (Phi) is 7.29. The van der Waals surface area contributed by atoms with E-state index in [-0.39, 0.29) is 23.2 Å². The van der Waals surface area contributed by atoms with Crippen molar-refractivity contribution in [3.05, 3.63) is 47.0 Å². The van der Waals surface area contributed by atoms with E-state index in [9.17, 15) is 14.7 Å². The normalized spacial score (nSPS) is 28.2. The third-order valence-electron chi connectivity index (χ3n) is 7.22. The highest BCUT2D eigenvalue weighted by Gasteiger charge is 2.48. The fourth-order valence-electron chi connectivity index (χ4n) is 5.11. The quantitative estimate of drug-likeness (QED) is 0.491. The van der Waals surface area contributed by atoms with E-state index >= 15 is 0 Å². The molecule has 1 amide bonds. The molecule has 5 nitrogen and oxygen atoms in total. The molecule has 0 spiro atoms. The molecular weight excluding hydrogens is 412 g/mol. The fraction of sp³-hybridized carbons (Fsp3) is 0.600. The van der Waals surface area contributed by atoms with Gasteiger partial charge >= 0.3 is 0 Å². The smallest absolute Gasteiger partial charge is 0.224 e. The van der Waals surface area contributed by atoms with Crippen LogP contribution in [0.15, 0.2) is 36.4 Å². The van der Waals surface area contributed by atoms with E-state index in [1.807, 2.05) is 31.2 Å². The summed E-state index contributed by atoms with van der Waals surface area (Å²) in [6.07, 6.45) is 3.87. The number of carbonyl (C=O) groups excluding carboxylic acids is 2. The highest BCUT2D eigenvalue weighted by molar-refractivity contribution is 6.30. The van der Waals surface area contributed by atoms with Crippen molar-refractivity contribution in [2.45, 2.75) is 58.1 Å². The van der Waals surface area contributed by atoms with Crippen LogP contribution >= 0.6 is 11.6 Å². The number of likely N-dealkylation sites (tertiary alicyclic amines) is 1. The average molecular weight is 447 g/mol. The highest BCUT2D eigenvalue weighted by Crippen LogP contribution is 2.46. The summed E-state index contributed by atoms with van der Waals surface area (Å²) in [5, 5.41) is 15.1. The molecule has 1 aromatic carbocycles. The number of piperidine rings is 1. The fourth-order valence-corrected chi connectivity index (χ4v) is 5.24. The van der Waals surface area contributed by atoms with Crippen molar-refractivity contribution in [1.82, 2.24) is 10.2 Å². The molecule has 6 heteroatoms. The number of nitrogens with one attached hydrogen (secondary N) is 1. The first kappa shape index (κ1) is 24.0. The van der Waals surface area contributed by atoms with Crippen molar-refractivity contribution in [3.63, 3.8) is 0 Å². The van der Waals surface area contributed by atoms with Crippen molar-refractivity contribution >= 4 is 23.8 Å². The van der Waals surface area contributed by atoms with Crippen LogP contribution in [0.2, 0.25) is 5.02 Å². The molecule has 2 fully saturated rings. The molecule has 1 aromatic rings. The zero-order chi connectivity index (χ0) is 22.8. The number of carbonyl (C=O) groups is 2. The first-order chi connectivity index (χ1) is 14.6. The SMILES string of the molecule is C=C1CCC(C(=O)NC(C=O)[C@@H](C)CN2CC[C@](O)(c3ccc(Cl)cc3)C(C)(C)C2)C1. The monoisotopic (exact) mass is 446 g/mol. The van der Waals surface area contributed by atoms with Gasteiger partial charge < -0.3 is 20.1 Å². The Balaban J connectivity index is 1.61. The number of rotatable bonds is 7. The van der Waals surface area contributed by atoms with Crippen molar-refractivity contribution in [3.8, 4) is 0 Å². The Morgan fingerprint density at radius 2 is 2.06 bits per heavy atom. The predicted octanol–water partition coefficient (Wildman–Crippen LogP) is 3.94. The molecule has 1 saturated carbocycles. The molecule has 0 bridgehead atoms. The maximum Gasteiger partial charge on any atom is 0.224 e. The van der Waals surface area contributed by atoms with Crippen LogP contribution in [-0.4, -0.2) is 47.9 Å². The summed E-state index contributed by atoms with van der Waals surface area (Å²) in [7, 11) is 0. The summed E-state index contributed by atoms with van der Waals surface area (Å²) in [6.45, 7) is 12.2. The van der Waals surface area contributed by atoms with Crippen LogP contribution in [0.5, 0.6) is 0 Å². The molecule has 0 aromatic heterocycles. The van der Waals surface area contributed by atoms with Crippen LogP contribution in [0.4, 0.5) is 0 Å². The molecule has 4 atom stereocenters. The van der Waals surface area contributed by atoms with Gasteiger partial charge in [0.1, 0.15) is 6.29 Å². The van der Waals surface area contributed by atoms with E-state index in [0.717, 1.165) is 43.2 Å². The largest absolute Gasteiger partial charge is 0.385 e. The van der Waals surface area contributed by atoms with Gasteiger partial charge in [-0.3, -0.25) is 4.79 Å². The first-order valence-corrected chi connectivity index (χ1v) is 11.6. The molecule has 170 valence electrons. The molecular formula is C25H35ClN2O3. The van der Waals surface area contributed by atoms with Gasteiger partial charge in [0, 0.05) is 36.0 Å². The molecule has 3 rings (SSSR count). The molecule has 1 saturated heterocycles. The van der Waals surface area contributed by atoms with Crippen LogP contribution in [0.1, 0.15) is 52.0 Å². The Bertz CT molecular complexity index is 823. The van der Waals surface area contributed by atoms with Gasteiger partial charge in [0.15, 0.2) is 0 Å². The predicted molar refractivity (Wildman–Crippen MR) is 124 cm³/mol. The van der Waals surface area contributed by atoms with Gasteiger partial charge in [0.2, 0.25) is 5.91 Å². The summed E-state index contributed by atoms with van der Waals surface area (Å²) in [4.78, 5) is 26.6. The van der Waals surface area contributed by atoms with Crippen LogP contribution < -0.4 is 5.32 Å². The second-order valence-electron chi connectivity index (χ2n) is 10.1. The summed E-state index contributed by atoms with van der Waals surface area (Å²) >= 11 is 6.02. The number of hydrogen-bond acceptors (Lipinski definition) is 4. The van der Waals surface area contributed by atoms with Gasteiger partial charge in [0.05, 0.1) is 11.6 Å². The van der Waals surface area contributed by atoms with Crippen LogP contribution in [0.25, 0.3) is 0 Å². The number of halogens is 1. The Morgan fingerprint density at radius 1 is 1.39 bits per heavy atom. The molecule has 2 aliphatic rings. The molecule has 2 unspecified atom stereocenters. The first-order valence-electron chi connectivity index (χ1n) is 11.2. The van der Waals surface area contributed by atoms with E-state index in [1.165, 1.54) is 0 Å². The lowest BCUT2D eigenvalue weighted by Gasteiger charge is -2.51. The van der Waals surface area contributed by atoms with Gasteiger partial charge in [-0.1, -0.05) is 56.7 Å². The number of allylic oxidation sites excluding steroid dienone is 1. The lowest BCUT2D eigenvalue weighted by atomic mass is 9.66. The number of amides is 1. The second kappa shape index (κ2) is 9.43. The molecule has 1 aliphatic carbocycles. The van der Waals surface area contributed by atoms with Crippen molar-refractivity contribution in [2.24, 2.45) is 17.3 Å². The number of benzene rings is 1. The van der Waals surface area contributed by atoms with E-state index in [1.54, 1.807) is 0 Å². The Hall–Kier alpha value is -1.69. The van der Waals surface area contributed by atoms with Crippen molar-refractivity contribution in [1.29, 1.82) is 0 Å². The maximum absolute atomic E-state index is 12.6. The van der Waals surface area contributed by atoms with E-state index in [4.69, 9.17) is 11.6 Å². The third kappa shape index (κ3) is 5.21. The van der Waals surface area contributed by atoms with Gasteiger partial charge in [-0.25, -0.2) is 0 Å². The standard InChI is InChI=1S/C25H35ClN2O3/c1-17-5-6-19(13-17)23(30)27-22(15-29)18(2)14-28-12-11-25(31,24(3,4)16-28)20-7-9-21(26)10-8-20/h7-10,15,18-19,22,31H,1,5-6,11-14,16H2,2-4H3,(H,27,30)/t18-,19?,22?,25-/m0/s1. The minimum absolute atomic E-state index is 0.0245. The summed E-state index contributed by atoms with van der Waals surface area (Å²) in [5.74, 6) is -0.132. The van der Waals surface area contributed by atoms with E-state index in [0.29, 0.717) is 24.5 Å². The zero-order valence-corrected chi connectivity index (χ0v) is 19.6. The number of aldehydes is 1. The minimum atomic E-state index is -0.944. The second-order valence-corrected chi connectivity index (χ2v) is 10.5. The van der Waals surface area contributed by atoms with Gasteiger partial charge in [0.25, 0.3) is 0 Å². The van der Waals surface area contributed by atoms with Gasteiger partial charge in [-0.2, -0.15) is 0 Å². The van der Waals surface area contributed by atoms with E-state index < -0.39 is 11.6 Å². The molecule has 1 aliphatic heterocycles. The van der Waals surface area contributed by atoms with Crippen molar-refractivity contribution in [2.75, 3.05) is 19.6 Å². The lowest BCUT2D eigenvalue weighted by molar-refractivity contribution is -0.131. The minimum Gasteiger partial charge on any atom is -0.385 e. The van der Waals surface area contributed by atoms with Crippen molar-refractivity contribution < 1.29 is 14.7 Å². The summed E-state index contributed by atoms with van der Waals surface area (Å²) < 4.78 is 0. The third-order valence-corrected chi connectivity index (χ3v) is 7.47. The number of hydrogen-bond donors (Lipinski definition) is 2. The number of aliphatic hydroxyl groups is 1. The number of nitrogens with zero attached hydrogens (tertiary/aromatic N) is 1. The van der Waals surface area contributed by atoms with Crippen LogP contribution in [0, 0.1) is 17.3 Å². The highest BCUT2D eigenvalue weighted by atomic mass is 35.5. The maximum atomic E-state index is 12.6. The molecule has 2 N–H and O–H groups in total. The average Bonchev–Trinajstić information content (AvgIpc) is 3.15.